The van der Waals surface area contributed by atoms with Gasteiger partial charge in [-0.3, -0.25) is 9.89 Å². The van der Waals surface area contributed by atoms with Crippen molar-refractivity contribution in [1.82, 2.24) is 10.2 Å². The number of hydrogen-bond acceptors (Lipinski definition) is 4. The van der Waals surface area contributed by atoms with Gasteiger partial charge < -0.3 is 5.32 Å². The van der Waals surface area contributed by atoms with Crippen molar-refractivity contribution < 1.29 is 0 Å². The molecule has 0 spiro atoms. The number of rotatable bonds is 2. The van der Waals surface area contributed by atoms with Crippen molar-refractivity contribution in [3.8, 4) is 0 Å². The van der Waals surface area contributed by atoms with Gasteiger partial charge in [0, 0.05) is 24.4 Å². The third-order valence-electron chi connectivity index (χ3n) is 5.00. The van der Waals surface area contributed by atoms with E-state index in [4.69, 9.17) is 4.99 Å². The maximum absolute atomic E-state index is 4.91. The zero-order valence-electron chi connectivity index (χ0n) is 12.4. The van der Waals surface area contributed by atoms with Crippen LogP contribution in [0.2, 0.25) is 0 Å². The van der Waals surface area contributed by atoms with Gasteiger partial charge in [-0.1, -0.05) is 48.5 Å². The van der Waals surface area contributed by atoms with Crippen LogP contribution in [-0.4, -0.2) is 41.0 Å². The molecular weight excluding hydrogens is 278 g/mol. The van der Waals surface area contributed by atoms with Gasteiger partial charge in [-0.2, -0.15) is 0 Å². The van der Waals surface area contributed by atoms with Crippen molar-refractivity contribution in [3.05, 3.63) is 35.9 Å². The number of amidine groups is 1. The van der Waals surface area contributed by atoms with Crippen LogP contribution in [0.25, 0.3) is 0 Å². The molecule has 1 aromatic carbocycles. The molecule has 3 nitrogen and oxygen atoms in total. The van der Waals surface area contributed by atoms with Gasteiger partial charge in [0.1, 0.15) is 0 Å². The molecule has 0 radical (unpaired) electrons. The topological polar surface area (TPSA) is 27.6 Å². The van der Waals surface area contributed by atoms with Crippen molar-refractivity contribution >= 4 is 16.9 Å². The number of hydrogen-bond donors (Lipinski definition) is 1. The Morgan fingerprint density at radius 2 is 2.00 bits per heavy atom. The Morgan fingerprint density at radius 1 is 1.10 bits per heavy atom. The minimum Gasteiger partial charge on any atom is -0.361 e. The van der Waals surface area contributed by atoms with E-state index in [9.17, 15) is 0 Å². The Balaban J connectivity index is 1.41. The summed E-state index contributed by atoms with van der Waals surface area (Å²) in [5.41, 5.74) is 1.34. The number of thioether (sulfide) groups is 1. The van der Waals surface area contributed by atoms with E-state index in [0.29, 0.717) is 12.1 Å². The van der Waals surface area contributed by atoms with Gasteiger partial charge in [-0.15, -0.1) is 0 Å². The Bertz CT molecular complexity index is 516. The Kier molecular flexibility index (Phi) is 3.91. The van der Waals surface area contributed by atoms with Gasteiger partial charge in [0.2, 0.25) is 0 Å². The molecule has 2 saturated heterocycles. The molecular formula is C17H23N3S. The highest BCUT2D eigenvalue weighted by Crippen LogP contribution is 2.32. The zero-order chi connectivity index (χ0) is 14.1. The summed E-state index contributed by atoms with van der Waals surface area (Å²) >= 11 is 1.89. The van der Waals surface area contributed by atoms with Crippen LogP contribution in [0.4, 0.5) is 0 Å². The van der Waals surface area contributed by atoms with E-state index >= 15 is 0 Å². The minimum atomic E-state index is 0.336. The monoisotopic (exact) mass is 301 g/mol. The van der Waals surface area contributed by atoms with E-state index in [1.54, 1.807) is 0 Å². The van der Waals surface area contributed by atoms with Gasteiger partial charge >= 0.3 is 0 Å². The zero-order valence-corrected chi connectivity index (χ0v) is 13.2. The van der Waals surface area contributed by atoms with Crippen molar-refractivity contribution in [2.75, 3.05) is 18.8 Å². The third kappa shape index (κ3) is 2.84. The quantitative estimate of drug-likeness (QED) is 0.910. The lowest BCUT2D eigenvalue weighted by Gasteiger charge is -2.32. The number of aliphatic imine (C=N–C) groups is 1. The number of fused-ring (bicyclic) bond motifs is 1. The molecule has 1 aromatic rings. The standard InChI is InChI=1S/C17H23N3S/c1-2-6-13(7-3-1)15-12-21-17(19-15)18-14-9-11-20-10-5-4-8-16(14)20/h1-3,6-7,14-16H,4-5,8-12H2,(H,18,19). The molecule has 3 aliphatic rings. The van der Waals surface area contributed by atoms with Gasteiger partial charge in [0.25, 0.3) is 0 Å². The summed E-state index contributed by atoms with van der Waals surface area (Å²) in [6, 6.07) is 12.4. The van der Waals surface area contributed by atoms with E-state index in [2.05, 4.69) is 40.5 Å². The molecule has 3 aliphatic heterocycles. The molecule has 0 amide bonds. The molecule has 21 heavy (non-hydrogen) atoms. The normalized spacial score (nSPS) is 32.8. The Labute approximate surface area is 131 Å². The van der Waals surface area contributed by atoms with E-state index in [-0.39, 0.29) is 0 Å². The Hall–Kier alpha value is -1.00. The smallest absolute Gasteiger partial charge is 0.157 e. The molecule has 3 unspecified atom stereocenters. The van der Waals surface area contributed by atoms with Crippen LogP contribution in [0.5, 0.6) is 0 Å². The maximum atomic E-state index is 4.91. The van der Waals surface area contributed by atoms with Crippen LogP contribution < -0.4 is 5.32 Å². The molecule has 0 aliphatic carbocycles. The van der Waals surface area contributed by atoms with Crippen LogP contribution in [-0.2, 0) is 0 Å². The van der Waals surface area contributed by atoms with Gasteiger partial charge in [-0.05, 0) is 31.4 Å². The predicted octanol–water partition coefficient (Wildman–Crippen LogP) is 3.05. The first-order valence-corrected chi connectivity index (χ1v) is 9.15. The third-order valence-corrected chi connectivity index (χ3v) is 5.98. The van der Waals surface area contributed by atoms with Crippen LogP contribution in [0, 0.1) is 0 Å². The molecule has 0 aromatic heterocycles. The van der Waals surface area contributed by atoms with Crippen LogP contribution in [0.1, 0.15) is 37.3 Å². The fourth-order valence-electron chi connectivity index (χ4n) is 3.87. The maximum Gasteiger partial charge on any atom is 0.157 e. The molecule has 2 fully saturated rings. The molecule has 4 rings (SSSR count). The lowest BCUT2D eigenvalue weighted by molar-refractivity contribution is 0.185. The van der Waals surface area contributed by atoms with E-state index < -0.39 is 0 Å². The first-order chi connectivity index (χ1) is 10.4. The molecule has 3 atom stereocenters. The molecule has 4 heteroatoms. The number of benzene rings is 1. The summed E-state index contributed by atoms with van der Waals surface area (Å²) in [5.74, 6) is 1.08. The van der Waals surface area contributed by atoms with Crippen LogP contribution in [0.3, 0.4) is 0 Å². The average molecular weight is 301 g/mol. The van der Waals surface area contributed by atoms with E-state index in [0.717, 1.165) is 11.8 Å². The van der Waals surface area contributed by atoms with Crippen molar-refractivity contribution in [1.29, 1.82) is 0 Å². The minimum absolute atomic E-state index is 0.336. The lowest BCUT2D eigenvalue weighted by Crippen LogP contribution is -2.46. The van der Waals surface area contributed by atoms with E-state index in [1.165, 1.54) is 49.5 Å². The SMILES string of the molecule is c1ccc(C2CSC(NC3CCN4CCCCC34)=N2)cc1. The van der Waals surface area contributed by atoms with Crippen molar-refractivity contribution in [2.24, 2.45) is 4.99 Å². The summed E-state index contributed by atoms with van der Waals surface area (Å²) < 4.78 is 0. The van der Waals surface area contributed by atoms with Crippen molar-refractivity contribution in [3.63, 3.8) is 0 Å². The summed E-state index contributed by atoms with van der Waals surface area (Å²) in [6.07, 6.45) is 5.42. The Morgan fingerprint density at radius 3 is 2.90 bits per heavy atom. The van der Waals surface area contributed by atoms with Gasteiger partial charge in [0.05, 0.1) is 6.04 Å². The van der Waals surface area contributed by atoms with E-state index in [1.807, 2.05) is 11.8 Å². The summed E-state index contributed by atoms with van der Waals surface area (Å²) in [6.45, 7) is 2.57. The van der Waals surface area contributed by atoms with Crippen molar-refractivity contribution in [2.45, 2.75) is 43.8 Å². The molecule has 0 saturated carbocycles. The predicted molar refractivity (Wildman–Crippen MR) is 89.8 cm³/mol. The van der Waals surface area contributed by atoms with Crippen LogP contribution in [0.15, 0.2) is 35.3 Å². The van der Waals surface area contributed by atoms with Crippen LogP contribution >= 0.6 is 11.8 Å². The average Bonchev–Trinajstić information content (AvgIpc) is 3.17. The van der Waals surface area contributed by atoms with Gasteiger partial charge in [-0.25, -0.2) is 0 Å². The summed E-state index contributed by atoms with van der Waals surface area (Å²) in [5, 5.41) is 4.92. The lowest BCUT2D eigenvalue weighted by atomic mass is 9.99. The number of nitrogens with one attached hydrogen (secondary N) is 1. The largest absolute Gasteiger partial charge is 0.361 e. The fourth-order valence-corrected chi connectivity index (χ4v) is 4.89. The van der Waals surface area contributed by atoms with Gasteiger partial charge in [0.15, 0.2) is 5.17 Å². The second-order valence-corrected chi connectivity index (χ2v) is 7.32. The number of piperidine rings is 1. The molecule has 0 bridgehead atoms. The highest BCUT2D eigenvalue weighted by molar-refractivity contribution is 8.14. The molecule has 1 N–H and O–H groups in total. The molecule has 3 heterocycles. The second-order valence-electron chi connectivity index (χ2n) is 6.31. The highest BCUT2D eigenvalue weighted by Gasteiger charge is 2.36. The fraction of sp³-hybridized carbons (Fsp3) is 0.588. The summed E-state index contributed by atoms with van der Waals surface area (Å²) in [7, 11) is 0. The summed E-state index contributed by atoms with van der Waals surface area (Å²) in [4.78, 5) is 7.59. The first-order valence-electron chi connectivity index (χ1n) is 8.16. The number of nitrogens with zero attached hydrogens (tertiary/aromatic N) is 2. The highest BCUT2D eigenvalue weighted by atomic mass is 32.2. The first kappa shape index (κ1) is 13.6. The molecule has 112 valence electrons. The second kappa shape index (κ2) is 6.01.